The van der Waals surface area contributed by atoms with Gasteiger partial charge in [0.25, 0.3) is 0 Å². The van der Waals surface area contributed by atoms with Crippen LogP contribution in [0.25, 0.3) is 71.7 Å². The average molecular weight is 638 g/mol. The first-order valence-electron chi connectivity index (χ1n) is 16.6. The molecule has 1 aliphatic rings. The number of aromatic nitrogens is 2. The molecule has 0 saturated heterocycles. The minimum Gasteiger partial charge on any atom is -0.309 e. The Labute approximate surface area is 288 Å². The molecule has 8 aromatic rings. The molecule has 0 fully saturated rings. The largest absolute Gasteiger partial charge is 0.309 e. The van der Waals surface area contributed by atoms with Crippen LogP contribution >= 0.6 is 0 Å². The number of nitriles is 3. The van der Waals surface area contributed by atoms with Gasteiger partial charge in [0.2, 0.25) is 0 Å². The fourth-order valence-electron chi connectivity index (χ4n) is 7.81. The Kier molecular flexibility index (Phi) is 6.70. The van der Waals surface area contributed by atoms with E-state index in [1.165, 1.54) is 10.8 Å². The number of hydrogen-bond donors (Lipinski definition) is 0. The normalized spacial score (nSPS) is 12.8. The minimum absolute atomic E-state index is 0.552. The molecule has 2 aromatic heterocycles. The van der Waals surface area contributed by atoms with Gasteiger partial charge in [0.05, 0.1) is 57.0 Å². The summed E-state index contributed by atoms with van der Waals surface area (Å²) in [6, 6.07) is 49.9. The van der Waals surface area contributed by atoms with Gasteiger partial charge in [-0.25, -0.2) is 0 Å². The van der Waals surface area contributed by atoms with Crippen molar-refractivity contribution in [3.63, 3.8) is 0 Å². The fraction of sp³-hybridized carbons (Fsp3) is 0.0444. The smallest absolute Gasteiger partial charge is 0.0998 e. The van der Waals surface area contributed by atoms with Crippen molar-refractivity contribution < 1.29 is 0 Å². The average Bonchev–Trinajstić information content (AvgIpc) is 3.70. The van der Waals surface area contributed by atoms with E-state index in [1.54, 1.807) is 0 Å². The zero-order valence-corrected chi connectivity index (χ0v) is 26.9. The van der Waals surface area contributed by atoms with E-state index in [2.05, 4.69) is 118 Å². The van der Waals surface area contributed by atoms with Gasteiger partial charge in [0.15, 0.2) is 0 Å². The van der Waals surface area contributed by atoms with Crippen LogP contribution in [0.1, 0.15) is 35.1 Å². The lowest BCUT2D eigenvalue weighted by Crippen LogP contribution is -2.05. The number of nitrogens with zero attached hydrogens (tertiary/aromatic N) is 5. The maximum atomic E-state index is 10.5. The van der Waals surface area contributed by atoms with Gasteiger partial charge in [-0.15, -0.1) is 0 Å². The van der Waals surface area contributed by atoms with Crippen molar-refractivity contribution in [3.05, 3.63) is 162 Å². The summed E-state index contributed by atoms with van der Waals surface area (Å²) in [4.78, 5) is 0. The Morgan fingerprint density at radius 1 is 0.540 bits per heavy atom. The molecule has 0 saturated carbocycles. The fourth-order valence-corrected chi connectivity index (χ4v) is 7.81. The highest BCUT2D eigenvalue weighted by atomic mass is 15.0. The van der Waals surface area contributed by atoms with Gasteiger partial charge in [0.1, 0.15) is 0 Å². The van der Waals surface area contributed by atoms with Crippen molar-refractivity contribution in [1.82, 2.24) is 9.13 Å². The molecule has 0 N–H and O–H groups in total. The standard InChI is InChI=1S/C45H27N5/c46-26-29-19-24-42-38(25-29)45-32(28-48)10-8-18-43(45)49(42)33-22-20-30(21-23-33)34-14-7-9-31(27-47)44(34)37-13-3-6-17-41(37)50-39-15-4-1-11-35(39)36-12-2-5-16-40(36)50/h1-2,4-12,14-25H,3,13H2. The van der Waals surface area contributed by atoms with Crippen molar-refractivity contribution in [2.24, 2.45) is 0 Å². The number of hydrogen-bond acceptors (Lipinski definition) is 3. The molecule has 2 heterocycles. The number of fused-ring (bicyclic) bond motifs is 6. The third kappa shape index (κ3) is 4.30. The summed E-state index contributed by atoms with van der Waals surface area (Å²) >= 11 is 0. The number of para-hydroxylation sites is 2. The molecule has 0 radical (unpaired) electrons. The maximum Gasteiger partial charge on any atom is 0.0998 e. The molecule has 0 bridgehead atoms. The van der Waals surface area contributed by atoms with E-state index < -0.39 is 0 Å². The number of rotatable bonds is 4. The molecule has 0 spiro atoms. The summed E-state index contributed by atoms with van der Waals surface area (Å²) in [5.41, 5.74) is 12.0. The van der Waals surface area contributed by atoms with Crippen molar-refractivity contribution in [3.8, 4) is 35.0 Å². The van der Waals surface area contributed by atoms with Crippen molar-refractivity contribution in [2.75, 3.05) is 0 Å². The van der Waals surface area contributed by atoms with Gasteiger partial charge in [-0.05, 0) is 96.3 Å². The van der Waals surface area contributed by atoms with Crippen LogP contribution in [0.5, 0.6) is 0 Å². The van der Waals surface area contributed by atoms with Gasteiger partial charge in [-0.2, -0.15) is 15.8 Å². The van der Waals surface area contributed by atoms with E-state index in [4.69, 9.17) is 0 Å². The van der Waals surface area contributed by atoms with Gasteiger partial charge in [-0.3, -0.25) is 0 Å². The van der Waals surface area contributed by atoms with Crippen molar-refractivity contribution in [2.45, 2.75) is 12.8 Å². The zero-order chi connectivity index (χ0) is 33.8. The van der Waals surface area contributed by atoms with E-state index in [9.17, 15) is 15.8 Å². The molecule has 9 rings (SSSR count). The first kappa shape index (κ1) is 29.0. The highest BCUT2D eigenvalue weighted by molar-refractivity contribution is 6.13. The summed E-state index contributed by atoms with van der Waals surface area (Å²) in [5, 5.41) is 34.2. The lowest BCUT2D eigenvalue weighted by Gasteiger charge is -2.22. The topological polar surface area (TPSA) is 81.2 Å². The van der Waals surface area contributed by atoms with E-state index >= 15 is 0 Å². The second-order valence-corrected chi connectivity index (χ2v) is 12.6. The van der Waals surface area contributed by atoms with E-state index in [0.29, 0.717) is 16.7 Å². The zero-order valence-electron chi connectivity index (χ0n) is 26.9. The SMILES string of the molecule is N#Cc1ccc2c(c1)c1c(C#N)cccc1n2-c1ccc(-c2cccc(C#N)c2C2=C(n3c4ccccc4c4ccccc43)C=CCC2)cc1. The molecule has 1 aliphatic carbocycles. The van der Waals surface area contributed by atoms with E-state index in [1.807, 2.05) is 48.5 Å². The predicted molar refractivity (Wildman–Crippen MR) is 201 cm³/mol. The minimum atomic E-state index is 0.552. The molecule has 0 atom stereocenters. The lowest BCUT2D eigenvalue weighted by atomic mass is 9.86. The highest BCUT2D eigenvalue weighted by Gasteiger charge is 2.23. The third-order valence-electron chi connectivity index (χ3n) is 9.93. The van der Waals surface area contributed by atoms with Crippen molar-refractivity contribution >= 4 is 54.9 Å². The first-order chi connectivity index (χ1) is 24.7. The van der Waals surface area contributed by atoms with Crippen LogP contribution in [0.15, 0.2) is 140 Å². The Bertz CT molecular complexity index is 2840. The lowest BCUT2D eigenvalue weighted by molar-refractivity contribution is 1.04. The molecule has 5 nitrogen and oxygen atoms in total. The summed E-state index contributed by atoms with van der Waals surface area (Å²) < 4.78 is 4.50. The Morgan fingerprint density at radius 3 is 1.92 bits per heavy atom. The summed E-state index contributed by atoms with van der Waals surface area (Å²) in [6.45, 7) is 0. The Hall–Kier alpha value is -7.13. The van der Waals surface area contributed by atoms with Gasteiger partial charge < -0.3 is 9.13 Å². The molecule has 0 amide bonds. The Balaban J connectivity index is 1.25. The molecular formula is C45H27N5. The van der Waals surface area contributed by atoms with E-state index in [0.717, 1.165) is 79.3 Å². The van der Waals surface area contributed by atoms with Crippen LogP contribution in [0.3, 0.4) is 0 Å². The van der Waals surface area contributed by atoms with Crippen LogP contribution in [-0.2, 0) is 0 Å². The second kappa shape index (κ2) is 11.5. The molecule has 6 aromatic carbocycles. The van der Waals surface area contributed by atoms with Crippen LogP contribution in [0.2, 0.25) is 0 Å². The summed E-state index contributed by atoms with van der Waals surface area (Å²) in [7, 11) is 0. The Morgan fingerprint density at radius 2 is 1.20 bits per heavy atom. The number of allylic oxidation sites excluding steroid dienone is 4. The number of benzene rings is 6. The van der Waals surface area contributed by atoms with Gasteiger partial charge in [0, 0.05) is 38.5 Å². The van der Waals surface area contributed by atoms with Crippen LogP contribution in [0, 0.1) is 34.0 Å². The van der Waals surface area contributed by atoms with Gasteiger partial charge >= 0.3 is 0 Å². The third-order valence-corrected chi connectivity index (χ3v) is 9.93. The summed E-state index contributed by atoms with van der Waals surface area (Å²) in [5.74, 6) is 0. The molecular weight excluding hydrogens is 611 g/mol. The second-order valence-electron chi connectivity index (χ2n) is 12.6. The predicted octanol–water partition coefficient (Wildman–Crippen LogP) is 10.9. The quantitative estimate of drug-likeness (QED) is 0.192. The van der Waals surface area contributed by atoms with Gasteiger partial charge in [-0.1, -0.05) is 72.8 Å². The molecule has 0 aliphatic heterocycles. The van der Waals surface area contributed by atoms with Crippen LogP contribution in [0.4, 0.5) is 0 Å². The van der Waals surface area contributed by atoms with Crippen LogP contribution in [-0.4, -0.2) is 9.13 Å². The van der Waals surface area contributed by atoms with Crippen LogP contribution < -0.4 is 0 Å². The first-order valence-corrected chi connectivity index (χ1v) is 16.6. The molecule has 50 heavy (non-hydrogen) atoms. The molecule has 0 unspecified atom stereocenters. The van der Waals surface area contributed by atoms with E-state index in [-0.39, 0.29) is 0 Å². The highest BCUT2D eigenvalue weighted by Crippen LogP contribution is 2.43. The maximum absolute atomic E-state index is 10.5. The summed E-state index contributed by atoms with van der Waals surface area (Å²) in [6.07, 6.45) is 6.15. The van der Waals surface area contributed by atoms with Crippen molar-refractivity contribution in [1.29, 1.82) is 15.8 Å². The molecule has 232 valence electrons. The molecule has 5 heteroatoms. The monoisotopic (exact) mass is 637 g/mol.